The number of nitrogens with two attached hydrogens (primary N) is 1. The summed E-state index contributed by atoms with van der Waals surface area (Å²) in [6.45, 7) is 1.05. The normalized spacial score (nSPS) is 14.2. The van der Waals surface area contributed by atoms with E-state index in [1.807, 2.05) is 6.26 Å². The molecular formula is C13H24N4O5S2. The number of aliphatic carboxylic acids is 1. The first-order valence-electron chi connectivity index (χ1n) is 7.19. The molecule has 0 radical (unpaired) electrons. The molecule has 3 amide bonds. The van der Waals surface area contributed by atoms with Crippen LogP contribution in [0.2, 0.25) is 0 Å². The first-order valence-corrected chi connectivity index (χ1v) is 9.22. The van der Waals surface area contributed by atoms with Gasteiger partial charge in [0.25, 0.3) is 0 Å². The molecule has 0 aromatic heterocycles. The molecule has 0 bridgehead atoms. The predicted molar refractivity (Wildman–Crippen MR) is 95.0 cm³/mol. The molecule has 138 valence electrons. The van der Waals surface area contributed by atoms with Crippen LogP contribution in [-0.2, 0) is 19.2 Å². The highest BCUT2D eigenvalue weighted by atomic mass is 32.2. The second-order valence-electron chi connectivity index (χ2n) is 4.92. The van der Waals surface area contributed by atoms with Crippen LogP contribution in [0, 0.1) is 0 Å². The van der Waals surface area contributed by atoms with Crippen LogP contribution in [0.25, 0.3) is 0 Å². The Kier molecular flexibility index (Phi) is 11.3. The van der Waals surface area contributed by atoms with Crippen LogP contribution in [0.4, 0.5) is 0 Å². The lowest BCUT2D eigenvalue weighted by Crippen LogP contribution is -2.56. The first-order chi connectivity index (χ1) is 11.3. The molecular weight excluding hydrogens is 356 g/mol. The molecule has 0 saturated heterocycles. The van der Waals surface area contributed by atoms with E-state index >= 15 is 0 Å². The van der Waals surface area contributed by atoms with Crippen LogP contribution in [-0.4, -0.2) is 71.2 Å². The van der Waals surface area contributed by atoms with E-state index in [0.717, 1.165) is 0 Å². The number of thiol groups is 1. The fourth-order valence-corrected chi connectivity index (χ4v) is 2.33. The molecule has 0 heterocycles. The standard InChI is InChI=1S/C13H24N4O5S2/c1-7(13(21)22)15-11(19)8(3-4-24-2)17-12(20)9(6-23)16-10(18)5-14/h7-9,23H,3-6,14H2,1-2H3,(H,15,19)(H,16,18)(H,17,20)(H,21,22). The maximum absolute atomic E-state index is 12.2. The molecule has 3 atom stereocenters. The molecule has 0 rings (SSSR count). The van der Waals surface area contributed by atoms with Crippen molar-refractivity contribution in [1.29, 1.82) is 0 Å². The monoisotopic (exact) mass is 380 g/mol. The van der Waals surface area contributed by atoms with Gasteiger partial charge in [0.15, 0.2) is 0 Å². The summed E-state index contributed by atoms with van der Waals surface area (Å²) in [4.78, 5) is 46.5. The maximum Gasteiger partial charge on any atom is 0.325 e. The average Bonchev–Trinajstić information content (AvgIpc) is 2.55. The van der Waals surface area contributed by atoms with Gasteiger partial charge in [-0.15, -0.1) is 0 Å². The van der Waals surface area contributed by atoms with Gasteiger partial charge in [-0.1, -0.05) is 0 Å². The fourth-order valence-electron chi connectivity index (χ4n) is 1.60. The molecule has 0 fully saturated rings. The molecule has 0 aromatic rings. The highest BCUT2D eigenvalue weighted by molar-refractivity contribution is 7.98. The SMILES string of the molecule is CSCCC(NC(=O)C(CS)NC(=O)CN)C(=O)NC(C)C(=O)O. The van der Waals surface area contributed by atoms with Crippen molar-refractivity contribution in [3.63, 3.8) is 0 Å². The van der Waals surface area contributed by atoms with Crippen molar-refractivity contribution in [3.05, 3.63) is 0 Å². The highest BCUT2D eigenvalue weighted by Gasteiger charge is 2.27. The van der Waals surface area contributed by atoms with Crippen molar-refractivity contribution in [1.82, 2.24) is 16.0 Å². The Bertz CT molecular complexity index is 464. The Morgan fingerprint density at radius 3 is 2.17 bits per heavy atom. The fraction of sp³-hybridized carbons (Fsp3) is 0.692. The first kappa shape index (κ1) is 22.5. The zero-order valence-electron chi connectivity index (χ0n) is 13.6. The lowest BCUT2D eigenvalue weighted by Gasteiger charge is -2.23. The molecule has 0 spiro atoms. The number of carbonyl (C=O) groups is 4. The number of hydrogen-bond acceptors (Lipinski definition) is 7. The van der Waals surface area contributed by atoms with Gasteiger partial charge in [0, 0.05) is 5.75 Å². The Hall–Kier alpha value is -1.46. The van der Waals surface area contributed by atoms with Crippen molar-refractivity contribution < 1.29 is 24.3 Å². The van der Waals surface area contributed by atoms with E-state index < -0.39 is 41.8 Å². The Morgan fingerprint density at radius 1 is 1.12 bits per heavy atom. The second kappa shape index (κ2) is 12.0. The zero-order valence-corrected chi connectivity index (χ0v) is 15.3. The van der Waals surface area contributed by atoms with E-state index in [0.29, 0.717) is 12.2 Å². The number of nitrogens with one attached hydrogen (secondary N) is 3. The minimum absolute atomic E-state index is 0.0277. The number of carboxylic acid groups (broad SMARTS) is 1. The average molecular weight is 380 g/mol. The van der Waals surface area contributed by atoms with Gasteiger partial charge >= 0.3 is 5.97 Å². The van der Waals surface area contributed by atoms with Crippen LogP contribution in [0.15, 0.2) is 0 Å². The van der Waals surface area contributed by atoms with Crippen molar-refractivity contribution in [2.75, 3.05) is 24.3 Å². The topological polar surface area (TPSA) is 151 Å². The summed E-state index contributed by atoms with van der Waals surface area (Å²) in [6.07, 6.45) is 2.16. The number of amides is 3. The summed E-state index contributed by atoms with van der Waals surface area (Å²) < 4.78 is 0. The zero-order chi connectivity index (χ0) is 18.7. The molecule has 0 saturated carbocycles. The van der Waals surface area contributed by atoms with E-state index in [2.05, 4.69) is 28.6 Å². The van der Waals surface area contributed by atoms with Crippen LogP contribution in [0.5, 0.6) is 0 Å². The van der Waals surface area contributed by atoms with Gasteiger partial charge in [-0.25, -0.2) is 0 Å². The molecule has 0 aliphatic carbocycles. The van der Waals surface area contributed by atoms with Crippen LogP contribution in [0.1, 0.15) is 13.3 Å². The van der Waals surface area contributed by atoms with Crippen molar-refractivity contribution in [2.24, 2.45) is 5.73 Å². The third-order valence-corrected chi connectivity index (χ3v) is 4.00. The molecule has 9 nitrogen and oxygen atoms in total. The third-order valence-electron chi connectivity index (χ3n) is 2.99. The number of hydrogen-bond donors (Lipinski definition) is 6. The van der Waals surface area contributed by atoms with Crippen LogP contribution in [0.3, 0.4) is 0 Å². The number of thioether (sulfide) groups is 1. The van der Waals surface area contributed by atoms with Gasteiger partial charge in [-0.05, 0) is 25.4 Å². The number of carboxylic acids is 1. The summed E-state index contributed by atoms with van der Waals surface area (Å²) >= 11 is 5.48. The number of rotatable bonds is 11. The van der Waals surface area contributed by atoms with E-state index in [9.17, 15) is 19.2 Å². The van der Waals surface area contributed by atoms with Crippen molar-refractivity contribution >= 4 is 48.1 Å². The van der Waals surface area contributed by atoms with Gasteiger partial charge in [-0.2, -0.15) is 24.4 Å². The summed E-state index contributed by atoms with van der Waals surface area (Å²) in [6, 6.07) is -2.93. The van der Waals surface area contributed by atoms with Crippen molar-refractivity contribution in [2.45, 2.75) is 31.5 Å². The molecule has 0 aliphatic rings. The highest BCUT2D eigenvalue weighted by Crippen LogP contribution is 2.03. The quantitative estimate of drug-likeness (QED) is 0.231. The molecule has 24 heavy (non-hydrogen) atoms. The molecule has 3 unspecified atom stereocenters. The second-order valence-corrected chi connectivity index (χ2v) is 6.27. The molecule has 6 N–H and O–H groups in total. The summed E-state index contributed by atoms with van der Waals surface area (Å²) in [5, 5.41) is 16.1. The Morgan fingerprint density at radius 2 is 1.71 bits per heavy atom. The minimum Gasteiger partial charge on any atom is -0.480 e. The smallest absolute Gasteiger partial charge is 0.325 e. The molecule has 0 aliphatic heterocycles. The van der Waals surface area contributed by atoms with Crippen LogP contribution < -0.4 is 21.7 Å². The lowest BCUT2D eigenvalue weighted by molar-refractivity contribution is -0.141. The maximum atomic E-state index is 12.2. The molecule has 11 heteroatoms. The minimum atomic E-state index is -1.18. The Balaban J connectivity index is 4.91. The van der Waals surface area contributed by atoms with Gasteiger partial charge in [0.05, 0.1) is 6.54 Å². The predicted octanol–water partition coefficient (Wildman–Crippen LogP) is -1.81. The van der Waals surface area contributed by atoms with E-state index in [-0.39, 0.29) is 12.3 Å². The van der Waals surface area contributed by atoms with Crippen molar-refractivity contribution in [3.8, 4) is 0 Å². The largest absolute Gasteiger partial charge is 0.480 e. The molecule has 0 aromatic carbocycles. The van der Waals surface area contributed by atoms with Gasteiger partial charge < -0.3 is 26.8 Å². The van der Waals surface area contributed by atoms with E-state index in [1.165, 1.54) is 18.7 Å². The van der Waals surface area contributed by atoms with Gasteiger partial charge in [-0.3, -0.25) is 19.2 Å². The number of carbonyl (C=O) groups excluding carboxylic acids is 3. The van der Waals surface area contributed by atoms with Gasteiger partial charge in [0.2, 0.25) is 17.7 Å². The lowest BCUT2D eigenvalue weighted by atomic mass is 10.1. The third kappa shape index (κ3) is 8.41. The van der Waals surface area contributed by atoms with E-state index in [1.54, 1.807) is 0 Å². The van der Waals surface area contributed by atoms with Gasteiger partial charge in [0.1, 0.15) is 18.1 Å². The van der Waals surface area contributed by atoms with Crippen LogP contribution >= 0.6 is 24.4 Å². The Labute approximate surface area is 150 Å². The van der Waals surface area contributed by atoms with E-state index in [4.69, 9.17) is 10.8 Å². The summed E-state index contributed by atoms with van der Waals surface area (Å²) in [5.41, 5.74) is 5.18. The summed E-state index contributed by atoms with van der Waals surface area (Å²) in [5.74, 6) is -2.28. The summed E-state index contributed by atoms with van der Waals surface area (Å²) in [7, 11) is 0.